The molecule has 4 aromatic carbocycles. The minimum absolute atomic E-state index is 0.0319. The van der Waals surface area contributed by atoms with Gasteiger partial charge in [-0.15, -0.1) is 23.1 Å². The number of nitrogens with zero attached hydrogens (tertiary/aromatic N) is 1. The van der Waals surface area contributed by atoms with Crippen LogP contribution in [0.4, 0.5) is 15.2 Å². The average molecular weight is 678 g/mol. The fourth-order valence-electron chi connectivity index (χ4n) is 3.99. The van der Waals surface area contributed by atoms with Gasteiger partial charge in [-0.3, -0.25) is 14.4 Å². The Hall–Kier alpha value is -4.48. The van der Waals surface area contributed by atoms with E-state index in [-0.39, 0.29) is 17.4 Å². The van der Waals surface area contributed by atoms with E-state index in [4.69, 9.17) is 23.2 Å². The Morgan fingerprint density at radius 2 is 1.67 bits per heavy atom. The Morgan fingerprint density at radius 3 is 2.42 bits per heavy atom. The van der Waals surface area contributed by atoms with E-state index >= 15 is 0 Å². The number of thioether (sulfide) groups is 1. The highest BCUT2D eigenvalue weighted by molar-refractivity contribution is 8.00. The summed E-state index contributed by atoms with van der Waals surface area (Å²) in [6, 6.07) is 26.1. The molecule has 12 heteroatoms. The first-order valence-electron chi connectivity index (χ1n) is 13.3. The molecule has 3 amide bonds. The average Bonchev–Trinajstić information content (AvgIpc) is 3.49. The number of rotatable bonds is 10. The molecule has 1 heterocycles. The third-order valence-corrected chi connectivity index (χ3v) is 8.43. The number of carbonyl (C=O) groups is 3. The number of halogens is 3. The highest BCUT2D eigenvalue weighted by Crippen LogP contribution is 2.32. The second-order valence-electron chi connectivity index (χ2n) is 9.41. The van der Waals surface area contributed by atoms with E-state index in [0.29, 0.717) is 43.2 Å². The maximum absolute atomic E-state index is 13.4. The lowest BCUT2D eigenvalue weighted by molar-refractivity contribution is -0.114. The predicted octanol–water partition coefficient (Wildman–Crippen LogP) is 8.40. The lowest BCUT2D eigenvalue weighted by Gasteiger charge is -2.12. The van der Waals surface area contributed by atoms with Gasteiger partial charge in [0.1, 0.15) is 11.5 Å². The SMILES string of the molecule is O=C(CSc1cccc(NC(=O)/C(=C/c2ccc(F)cc2)NC(=O)c2ccccc2)c1)Nc1nc(-c2ccc(Cl)cc2Cl)cs1. The van der Waals surface area contributed by atoms with E-state index in [2.05, 4.69) is 20.9 Å². The molecule has 0 saturated carbocycles. The molecule has 0 unspecified atom stereocenters. The summed E-state index contributed by atoms with van der Waals surface area (Å²) in [5, 5.41) is 11.4. The van der Waals surface area contributed by atoms with Crippen LogP contribution in [0.5, 0.6) is 0 Å². The van der Waals surface area contributed by atoms with Crippen LogP contribution in [0.15, 0.2) is 113 Å². The van der Waals surface area contributed by atoms with Crippen molar-refractivity contribution < 1.29 is 18.8 Å². The second kappa shape index (κ2) is 15.0. The van der Waals surface area contributed by atoms with Crippen molar-refractivity contribution in [1.82, 2.24) is 10.3 Å². The van der Waals surface area contributed by atoms with E-state index < -0.39 is 17.6 Å². The van der Waals surface area contributed by atoms with Gasteiger partial charge in [0.25, 0.3) is 11.8 Å². The van der Waals surface area contributed by atoms with Crippen molar-refractivity contribution >= 4 is 80.9 Å². The molecule has 3 N–H and O–H groups in total. The summed E-state index contributed by atoms with van der Waals surface area (Å²) in [5.74, 6) is -1.64. The van der Waals surface area contributed by atoms with Crippen molar-refractivity contribution in [3.05, 3.63) is 135 Å². The Labute approximate surface area is 276 Å². The molecular formula is C33H23Cl2FN4O3S2. The summed E-state index contributed by atoms with van der Waals surface area (Å²) >= 11 is 14.8. The number of aromatic nitrogens is 1. The second-order valence-corrected chi connectivity index (χ2v) is 12.2. The molecule has 0 atom stereocenters. The van der Waals surface area contributed by atoms with Gasteiger partial charge in [0, 0.05) is 32.1 Å². The molecule has 0 aliphatic rings. The molecule has 0 spiro atoms. The fourth-order valence-corrected chi connectivity index (χ4v) is 5.97. The number of carbonyl (C=O) groups excluding carboxylic acids is 3. The van der Waals surface area contributed by atoms with Crippen molar-refractivity contribution in [2.45, 2.75) is 4.90 Å². The quantitative estimate of drug-likeness (QED) is 0.102. The minimum Gasteiger partial charge on any atom is -0.321 e. The van der Waals surface area contributed by atoms with Crippen LogP contribution in [-0.2, 0) is 9.59 Å². The van der Waals surface area contributed by atoms with Crippen LogP contribution in [0.3, 0.4) is 0 Å². The van der Waals surface area contributed by atoms with Crippen LogP contribution in [0.2, 0.25) is 10.0 Å². The van der Waals surface area contributed by atoms with Gasteiger partial charge >= 0.3 is 0 Å². The zero-order valence-corrected chi connectivity index (χ0v) is 26.4. The Kier molecular flexibility index (Phi) is 10.6. The third-order valence-electron chi connectivity index (χ3n) is 6.13. The Morgan fingerprint density at radius 1 is 0.889 bits per heavy atom. The third kappa shape index (κ3) is 9.02. The van der Waals surface area contributed by atoms with Crippen molar-refractivity contribution in [2.24, 2.45) is 0 Å². The first-order valence-corrected chi connectivity index (χ1v) is 15.9. The largest absolute Gasteiger partial charge is 0.321 e. The lowest BCUT2D eigenvalue weighted by Crippen LogP contribution is -2.30. The summed E-state index contributed by atoms with van der Waals surface area (Å²) in [5.41, 5.74) is 2.65. The van der Waals surface area contributed by atoms with Crippen LogP contribution in [0.25, 0.3) is 17.3 Å². The topological polar surface area (TPSA) is 100 Å². The lowest BCUT2D eigenvalue weighted by atomic mass is 10.1. The monoisotopic (exact) mass is 676 g/mol. The van der Waals surface area contributed by atoms with Gasteiger partial charge in [0.05, 0.1) is 16.5 Å². The van der Waals surface area contributed by atoms with Crippen LogP contribution in [-0.4, -0.2) is 28.5 Å². The minimum atomic E-state index is -0.580. The summed E-state index contributed by atoms with van der Waals surface area (Å²) in [7, 11) is 0. The summed E-state index contributed by atoms with van der Waals surface area (Å²) in [4.78, 5) is 44.0. The predicted molar refractivity (Wildman–Crippen MR) is 180 cm³/mol. The van der Waals surface area contributed by atoms with Gasteiger partial charge in [0.2, 0.25) is 5.91 Å². The van der Waals surface area contributed by atoms with Crippen molar-refractivity contribution in [3.8, 4) is 11.3 Å². The van der Waals surface area contributed by atoms with Crippen molar-refractivity contribution in [1.29, 1.82) is 0 Å². The van der Waals surface area contributed by atoms with Gasteiger partial charge in [-0.2, -0.15) is 0 Å². The first kappa shape index (κ1) is 31.9. The highest BCUT2D eigenvalue weighted by atomic mass is 35.5. The molecule has 0 aliphatic heterocycles. The molecule has 0 aliphatic carbocycles. The number of nitrogens with one attached hydrogen (secondary N) is 3. The summed E-state index contributed by atoms with van der Waals surface area (Å²) in [6.07, 6.45) is 1.46. The number of thiazole rings is 1. The van der Waals surface area contributed by atoms with E-state index in [1.165, 1.54) is 53.4 Å². The summed E-state index contributed by atoms with van der Waals surface area (Å²) in [6.45, 7) is 0. The molecule has 45 heavy (non-hydrogen) atoms. The smallest absolute Gasteiger partial charge is 0.272 e. The summed E-state index contributed by atoms with van der Waals surface area (Å²) < 4.78 is 13.4. The maximum atomic E-state index is 13.4. The van der Waals surface area contributed by atoms with Crippen LogP contribution in [0, 0.1) is 5.82 Å². The molecule has 5 aromatic rings. The molecule has 0 bridgehead atoms. The van der Waals surface area contributed by atoms with Crippen molar-refractivity contribution in [3.63, 3.8) is 0 Å². The number of hydrogen-bond acceptors (Lipinski definition) is 6. The van der Waals surface area contributed by atoms with Crippen LogP contribution in [0.1, 0.15) is 15.9 Å². The molecular weight excluding hydrogens is 654 g/mol. The highest BCUT2D eigenvalue weighted by Gasteiger charge is 2.16. The normalized spacial score (nSPS) is 11.1. The molecule has 226 valence electrons. The molecule has 0 fully saturated rings. The van der Waals surface area contributed by atoms with E-state index in [1.54, 1.807) is 72.1 Å². The van der Waals surface area contributed by atoms with Crippen LogP contribution < -0.4 is 16.0 Å². The first-order chi connectivity index (χ1) is 21.7. The molecule has 7 nitrogen and oxygen atoms in total. The van der Waals surface area contributed by atoms with Crippen LogP contribution >= 0.6 is 46.3 Å². The standard InChI is InChI=1S/C33H23Cl2FN4O3S2/c34-22-11-14-26(27(35)16-22)29-18-45-33(39-29)40-30(41)19-44-25-8-4-7-24(17-25)37-32(43)28(15-20-9-12-23(36)13-10-20)38-31(42)21-5-2-1-3-6-21/h1-18H,19H2,(H,37,43)(H,38,42)(H,39,40,41)/b28-15-. The fraction of sp³-hybridized carbons (Fsp3) is 0.0303. The van der Waals surface area contributed by atoms with Gasteiger partial charge in [-0.1, -0.05) is 59.6 Å². The number of amides is 3. The maximum Gasteiger partial charge on any atom is 0.272 e. The van der Waals surface area contributed by atoms with Gasteiger partial charge in [-0.25, -0.2) is 9.37 Å². The van der Waals surface area contributed by atoms with Gasteiger partial charge < -0.3 is 16.0 Å². The van der Waals surface area contributed by atoms with E-state index in [9.17, 15) is 18.8 Å². The van der Waals surface area contributed by atoms with E-state index in [1.807, 2.05) is 6.07 Å². The Bertz CT molecular complexity index is 1880. The number of benzene rings is 4. The molecule has 0 saturated heterocycles. The van der Waals surface area contributed by atoms with Gasteiger partial charge in [0.15, 0.2) is 5.13 Å². The zero-order valence-electron chi connectivity index (χ0n) is 23.2. The molecule has 5 rings (SSSR count). The zero-order chi connectivity index (χ0) is 31.8. The van der Waals surface area contributed by atoms with Crippen molar-refractivity contribution in [2.75, 3.05) is 16.4 Å². The number of hydrogen-bond donors (Lipinski definition) is 3. The van der Waals surface area contributed by atoms with E-state index in [0.717, 1.165) is 4.90 Å². The molecule has 0 radical (unpaired) electrons. The molecule has 1 aromatic heterocycles. The van der Waals surface area contributed by atoms with Gasteiger partial charge in [-0.05, 0) is 72.3 Å². The number of anilines is 2. The Balaban J connectivity index is 1.22.